The molecule has 0 heterocycles. The molecule has 1 aromatic rings. The van der Waals surface area contributed by atoms with Gasteiger partial charge in [-0.1, -0.05) is 12.2 Å². The van der Waals surface area contributed by atoms with E-state index in [-0.39, 0.29) is 10.8 Å². The molecule has 0 atom stereocenters. The Morgan fingerprint density at radius 1 is 1.62 bits per heavy atom. The van der Waals surface area contributed by atoms with Crippen LogP contribution in [-0.4, -0.2) is 11.5 Å². The van der Waals surface area contributed by atoms with Crippen LogP contribution in [0.5, 0.6) is 0 Å². The molecule has 13 heavy (non-hydrogen) atoms. The lowest BCUT2D eigenvalue weighted by Gasteiger charge is -2.05. The van der Waals surface area contributed by atoms with Crippen LogP contribution in [0.25, 0.3) is 0 Å². The van der Waals surface area contributed by atoms with Gasteiger partial charge >= 0.3 is 0 Å². The maximum absolute atomic E-state index is 13.2. The minimum atomic E-state index is -0.327. The Labute approximate surface area is 81.9 Å². The fraction of sp³-hybridized carbons (Fsp3) is 0.222. The molecule has 0 amide bonds. The van der Waals surface area contributed by atoms with Crippen molar-refractivity contribution in [3.63, 3.8) is 0 Å². The van der Waals surface area contributed by atoms with Crippen molar-refractivity contribution in [2.75, 3.05) is 11.9 Å². The van der Waals surface area contributed by atoms with Gasteiger partial charge in [-0.25, -0.2) is 4.39 Å². The first kappa shape index (κ1) is 9.92. The average molecular weight is 198 g/mol. The van der Waals surface area contributed by atoms with Crippen LogP contribution in [-0.2, 0) is 0 Å². The van der Waals surface area contributed by atoms with Gasteiger partial charge in [-0.05, 0) is 25.1 Å². The second-order valence-electron chi connectivity index (χ2n) is 2.59. The number of anilines is 1. The summed E-state index contributed by atoms with van der Waals surface area (Å²) in [5.74, 6) is -0.327. The second-order valence-corrected chi connectivity index (χ2v) is 3.03. The summed E-state index contributed by atoms with van der Waals surface area (Å²) >= 11 is 4.72. The molecule has 0 fully saturated rings. The van der Waals surface area contributed by atoms with E-state index in [9.17, 15) is 4.39 Å². The van der Waals surface area contributed by atoms with Crippen molar-refractivity contribution in [3.05, 3.63) is 29.6 Å². The average Bonchev–Trinajstić information content (AvgIpc) is 2.08. The molecular formula is C9H11FN2S. The van der Waals surface area contributed by atoms with Gasteiger partial charge in [-0.2, -0.15) is 0 Å². The lowest BCUT2D eigenvalue weighted by atomic mass is 10.2. The molecule has 0 bridgehead atoms. The zero-order chi connectivity index (χ0) is 9.84. The molecule has 3 N–H and O–H groups in total. The molecule has 2 nitrogen and oxygen atoms in total. The van der Waals surface area contributed by atoms with Crippen LogP contribution in [0, 0.1) is 5.82 Å². The molecule has 0 radical (unpaired) electrons. The van der Waals surface area contributed by atoms with Gasteiger partial charge in [0.15, 0.2) is 0 Å². The van der Waals surface area contributed by atoms with Crippen LogP contribution in [0.1, 0.15) is 12.5 Å². The predicted molar refractivity (Wildman–Crippen MR) is 56.5 cm³/mol. The Morgan fingerprint density at radius 2 is 2.31 bits per heavy atom. The van der Waals surface area contributed by atoms with Crippen LogP contribution in [0.15, 0.2) is 18.2 Å². The Bertz CT molecular complexity index is 325. The van der Waals surface area contributed by atoms with Crippen LogP contribution in [0.3, 0.4) is 0 Å². The number of nitrogens with two attached hydrogens (primary N) is 1. The van der Waals surface area contributed by atoms with E-state index in [0.29, 0.717) is 17.8 Å². The van der Waals surface area contributed by atoms with Gasteiger partial charge in [-0.3, -0.25) is 0 Å². The van der Waals surface area contributed by atoms with E-state index in [1.165, 1.54) is 6.07 Å². The highest BCUT2D eigenvalue weighted by Crippen LogP contribution is 2.15. The highest BCUT2D eigenvalue weighted by atomic mass is 32.1. The van der Waals surface area contributed by atoms with Crippen LogP contribution >= 0.6 is 12.2 Å². The number of nitrogens with one attached hydrogen (secondary N) is 1. The molecule has 0 saturated heterocycles. The molecule has 1 aromatic carbocycles. The molecule has 70 valence electrons. The first-order valence-corrected chi connectivity index (χ1v) is 4.39. The van der Waals surface area contributed by atoms with E-state index < -0.39 is 0 Å². The van der Waals surface area contributed by atoms with Crippen molar-refractivity contribution in [2.24, 2.45) is 5.73 Å². The summed E-state index contributed by atoms with van der Waals surface area (Å²) in [6.07, 6.45) is 0. The first-order chi connectivity index (χ1) is 6.15. The molecule has 0 unspecified atom stereocenters. The Morgan fingerprint density at radius 3 is 2.77 bits per heavy atom. The molecule has 0 spiro atoms. The third-order valence-electron chi connectivity index (χ3n) is 1.62. The fourth-order valence-electron chi connectivity index (χ4n) is 1.00. The third kappa shape index (κ3) is 2.39. The van der Waals surface area contributed by atoms with Gasteiger partial charge in [0.25, 0.3) is 0 Å². The zero-order valence-corrected chi connectivity index (χ0v) is 8.12. The zero-order valence-electron chi connectivity index (χ0n) is 7.30. The smallest absolute Gasteiger partial charge is 0.146 e. The van der Waals surface area contributed by atoms with E-state index in [1.807, 2.05) is 6.92 Å². The molecule has 0 aliphatic heterocycles. The second kappa shape index (κ2) is 4.18. The van der Waals surface area contributed by atoms with E-state index in [4.69, 9.17) is 18.0 Å². The summed E-state index contributed by atoms with van der Waals surface area (Å²) in [6, 6.07) is 4.66. The molecule has 0 saturated carbocycles. The summed E-state index contributed by atoms with van der Waals surface area (Å²) in [4.78, 5) is 0.210. The van der Waals surface area contributed by atoms with Crippen molar-refractivity contribution < 1.29 is 4.39 Å². The topological polar surface area (TPSA) is 38.0 Å². The van der Waals surface area contributed by atoms with Crippen molar-refractivity contribution in [2.45, 2.75) is 6.92 Å². The largest absolute Gasteiger partial charge is 0.389 e. The quantitative estimate of drug-likeness (QED) is 0.728. The van der Waals surface area contributed by atoms with Gasteiger partial charge in [-0.15, -0.1) is 0 Å². The summed E-state index contributed by atoms with van der Waals surface area (Å²) in [6.45, 7) is 2.59. The lowest BCUT2D eigenvalue weighted by Crippen LogP contribution is -2.10. The van der Waals surface area contributed by atoms with Gasteiger partial charge in [0, 0.05) is 12.1 Å². The monoisotopic (exact) mass is 198 g/mol. The first-order valence-electron chi connectivity index (χ1n) is 3.98. The van der Waals surface area contributed by atoms with E-state index in [2.05, 4.69) is 5.32 Å². The molecule has 1 rings (SSSR count). The number of hydrogen-bond acceptors (Lipinski definition) is 2. The van der Waals surface area contributed by atoms with Crippen LogP contribution in [0.2, 0.25) is 0 Å². The highest BCUT2D eigenvalue weighted by molar-refractivity contribution is 7.80. The van der Waals surface area contributed by atoms with Crippen molar-refractivity contribution in [1.29, 1.82) is 0 Å². The summed E-state index contributed by atoms with van der Waals surface area (Å²) in [5.41, 5.74) is 6.38. The van der Waals surface area contributed by atoms with Crippen molar-refractivity contribution in [1.82, 2.24) is 0 Å². The Balaban J connectivity index is 2.98. The van der Waals surface area contributed by atoms with Gasteiger partial charge in [0.1, 0.15) is 10.8 Å². The maximum atomic E-state index is 13.2. The number of benzene rings is 1. The van der Waals surface area contributed by atoms with E-state index >= 15 is 0 Å². The predicted octanol–water partition coefficient (Wildman–Crippen LogP) is 1.89. The van der Waals surface area contributed by atoms with Crippen molar-refractivity contribution in [3.8, 4) is 0 Å². The number of rotatable bonds is 3. The van der Waals surface area contributed by atoms with Gasteiger partial charge in [0.05, 0.1) is 5.69 Å². The van der Waals surface area contributed by atoms with Crippen LogP contribution < -0.4 is 11.1 Å². The summed E-state index contributed by atoms with van der Waals surface area (Å²) in [5, 5.41) is 2.88. The lowest BCUT2D eigenvalue weighted by molar-refractivity contribution is 0.630. The minimum absolute atomic E-state index is 0.210. The maximum Gasteiger partial charge on any atom is 0.146 e. The number of thiocarbonyl (C=S) groups is 1. The Kier molecular flexibility index (Phi) is 3.19. The van der Waals surface area contributed by atoms with E-state index in [0.717, 1.165) is 0 Å². The normalized spacial score (nSPS) is 9.69. The van der Waals surface area contributed by atoms with Crippen LogP contribution in [0.4, 0.5) is 10.1 Å². The number of halogens is 1. The standard InChI is InChI=1S/C9H11FN2S/c1-2-12-8-4-3-6(9(11)13)5-7(8)10/h3-5,12H,2H2,1H3,(H2,11,13). The highest BCUT2D eigenvalue weighted by Gasteiger charge is 2.03. The molecule has 4 heteroatoms. The third-order valence-corrected chi connectivity index (χ3v) is 1.86. The number of hydrogen-bond donors (Lipinski definition) is 2. The molecule has 0 aromatic heterocycles. The van der Waals surface area contributed by atoms with Crippen molar-refractivity contribution >= 4 is 22.9 Å². The molecule has 0 aliphatic rings. The Hall–Kier alpha value is -1.16. The minimum Gasteiger partial charge on any atom is -0.389 e. The summed E-state index contributed by atoms with van der Waals surface area (Å²) in [7, 11) is 0. The summed E-state index contributed by atoms with van der Waals surface area (Å²) < 4.78 is 13.2. The molecular weight excluding hydrogens is 187 g/mol. The SMILES string of the molecule is CCNc1ccc(C(N)=S)cc1F. The fourth-order valence-corrected chi connectivity index (χ4v) is 1.13. The van der Waals surface area contributed by atoms with Gasteiger partial charge < -0.3 is 11.1 Å². The van der Waals surface area contributed by atoms with E-state index in [1.54, 1.807) is 12.1 Å². The molecule has 0 aliphatic carbocycles. The van der Waals surface area contributed by atoms with Gasteiger partial charge in [0.2, 0.25) is 0 Å².